The van der Waals surface area contributed by atoms with Gasteiger partial charge in [0.2, 0.25) is 0 Å². The molecule has 1 aromatic carbocycles. The fourth-order valence-electron chi connectivity index (χ4n) is 2.68. The largest absolute Gasteiger partial charge is 0.381 e. The molecule has 1 heterocycles. The fraction of sp³-hybridized carbons (Fsp3) is 0.500. The molecule has 1 aromatic heterocycles. The maximum absolute atomic E-state index is 5.64. The highest BCUT2D eigenvalue weighted by atomic mass is 16.5. The van der Waals surface area contributed by atoms with Crippen molar-refractivity contribution >= 4 is 5.96 Å². The summed E-state index contributed by atoms with van der Waals surface area (Å²) in [5.74, 6) is 1.64. The van der Waals surface area contributed by atoms with E-state index in [-0.39, 0.29) is 0 Å². The van der Waals surface area contributed by atoms with E-state index in [1.165, 1.54) is 18.4 Å². The molecule has 0 atom stereocenters. The molecular formula is C20H29N5O. The van der Waals surface area contributed by atoms with Crippen LogP contribution in [0.2, 0.25) is 0 Å². The molecule has 0 aliphatic heterocycles. The van der Waals surface area contributed by atoms with Gasteiger partial charge in [-0.3, -0.25) is 9.67 Å². The minimum Gasteiger partial charge on any atom is -0.381 e. The summed E-state index contributed by atoms with van der Waals surface area (Å²) < 4.78 is 7.60. The Labute approximate surface area is 155 Å². The Kier molecular flexibility index (Phi) is 7.07. The highest BCUT2D eigenvalue weighted by Gasteiger charge is 2.20. The van der Waals surface area contributed by atoms with E-state index in [1.807, 2.05) is 29.1 Å². The normalized spacial score (nSPS) is 14.4. The van der Waals surface area contributed by atoms with Gasteiger partial charge in [0.25, 0.3) is 0 Å². The first-order valence-electron chi connectivity index (χ1n) is 9.41. The Balaban J connectivity index is 1.33. The first kappa shape index (κ1) is 18.5. The summed E-state index contributed by atoms with van der Waals surface area (Å²) in [6.07, 6.45) is 7.64. The van der Waals surface area contributed by atoms with Crippen LogP contribution in [0.15, 0.2) is 47.7 Å². The molecule has 0 saturated heterocycles. The number of aliphatic imine (C=N–C) groups is 1. The maximum Gasteiger partial charge on any atom is 0.191 e. The van der Waals surface area contributed by atoms with Gasteiger partial charge in [0.05, 0.1) is 12.7 Å². The minimum absolute atomic E-state index is 0.701. The van der Waals surface area contributed by atoms with Crippen molar-refractivity contribution in [2.45, 2.75) is 32.4 Å². The van der Waals surface area contributed by atoms with E-state index in [1.54, 1.807) is 7.05 Å². The van der Waals surface area contributed by atoms with E-state index in [0.29, 0.717) is 6.54 Å². The predicted molar refractivity (Wildman–Crippen MR) is 104 cm³/mol. The molecule has 0 bridgehead atoms. The molecule has 6 nitrogen and oxygen atoms in total. The Morgan fingerprint density at radius 3 is 2.85 bits per heavy atom. The lowest BCUT2D eigenvalue weighted by Gasteiger charge is -2.11. The van der Waals surface area contributed by atoms with Gasteiger partial charge in [0, 0.05) is 45.1 Å². The Morgan fingerprint density at radius 2 is 2.08 bits per heavy atom. The SMILES string of the molecule is CN=C(NCCCOCC1CC1)NCc1cnn(Cc2ccccc2)c1. The summed E-state index contributed by atoms with van der Waals surface area (Å²) in [5, 5.41) is 11.1. The number of nitrogens with zero attached hydrogens (tertiary/aromatic N) is 3. The molecule has 0 spiro atoms. The van der Waals surface area contributed by atoms with E-state index in [4.69, 9.17) is 4.74 Å². The summed E-state index contributed by atoms with van der Waals surface area (Å²) in [6.45, 7) is 4.09. The number of hydrogen-bond donors (Lipinski definition) is 2. The van der Waals surface area contributed by atoms with Crippen LogP contribution in [-0.4, -0.2) is 42.5 Å². The predicted octanol–water partition coefficient (Wildman–Crippen LogP) is 2.41. The zero-order valence-corrected chi connectivity index (χ0v) is 15.5. The molecule has 2 aromatic rings. The Bertz CT molecular complexity index is 679. The number of ether oxygens (including phenoxy) is 1. The van der Waals surface area contributed by atoms with Gasteiger partial charge in [0.15, 0.2) is 5.96 Å². The molecule has 1 aliphatic carbocycles. The van der Waals surface area contributed by atoms with Crippen molar-refractivity contribution in [3.05, 3.63) is 53.9 Å². The first-order valence-corrected chi connectivity index (χ1v) is 9.41. The molecule has 1 saturated carbocycles. The van der Waals surface area contributed by atoms with Gasteiger partial charge >= 0.3 is 0 Å². The van der Waals surface area contributed by atoms with Gasteiger partial charge < -0.3 is 15.4 Å². The van der Waals surface area contributed by atoms with Crippen LogP contribution in [0, 0.1) is 5.92 Å². The lowest BCUT2D eigenvalue weighted by Crippen LogP contribution is -2.37. The minimum atomic E-state index is 0.701. The quantitative estimate of drug-likeness (QED) is 0.390. The molecule has 1 fully saturated rings. The number of hydrogen-bond acceptors (Lipinski definition) is 3. The molecule has 1 aliphatic rings. The van der Waals surface area contributed by atoms with Gasteiger partial charge in [-0.05, 0) is 30.7 Å². The summed E-state index contributed by atoms with van der Waals surface area (Å²) in [7, 11) is 1.79. The van der Waals surface area contributed by atoms with Crippen molar-refractivity contribution in [2.24, 2.45) is 10.9 Å². The second-order valence-corrected chi connectivity index (χ2v) is 6.76. The van der Waals surface area contributed by atoms with E-state index in [9.17, 15) is 0 Å². The maximum atomic E-state index is 5.64. The van der Waals surface area contributed by atoms with Crippen LogP contribution < -0.4 is 10.6 Å². The highest BCUT2D eigenvalue weighted by Crippen LogP contribution is 2.28. The van der Waals surface area contributed by atoms with E-state index in [2.05, 4.69) is 39.1 Å². The third kappa shape index (κ3) is 6.52. The van der Waals surface area contributed by atoms with Gasteiger partial charge in [-0.1, -0.05) is 30.3 Å². The molecule has 2 N–H and O–H groups in total. The van der Waals surface area contributed by atoms with Crippen LogP contribution in [0.25, 0.3) is 0 Å². The van der Waals surface area contributed by atoms with Crippen molar-refractivity contribution in [1.29, 1.82) is 0 Å². The average molecular weight is 355 g/mol. The second-order valence-electron chi connectivity index (χ2n) is 6.76. The number of nitrogens with one attached hydrogen (secondary N) is 2. The van der Waals surface area contributed by atoms with Crippen molar-refractivity contribution in [3.63, 3.8) is 0 Å². The summed E-state index contributed by atoms with van der Waals surface area (Å²) in [6, 6.07) is 10.3. The molecule has 26 heavy (non-hydrogen) atoms. The van der Waals surface area contributed by atoms with Crippen LogP contribution in [0.1, 0.15) is 30.4 Å². The number of benzene rings is 1. The van der Waals surface area contributed by atoms with Gasteiger partial charge in [0.1, 0.15) is 0 Å². The third-order valence-corrected chi connectivity index (χ3v) is 4.37. The van der Waals surface area contributed by atoms with E-state index >= 15 is 0 Å². The molecule has 0 radical (unpaired) electrons. The lowest BCUT2D eigenvalue weighted by molar-refractivity contribution is 0.123. The summed E-state index contributed by atoms with van der Waals surface area (Å²) >= 11 is 0. The number of aromatic nitrogens is 2. The van der Waals surface area contributed by atoms with Gasteiger partial charge in [-0.15, -0.1) is 0 Å². The standard InChI is InChI=1S/C20H29N5O/c1-21-20(22-10-5-11-26-16-18-8-9-18)23-12-19-13-24-25(15-19)14-17-6-3-2-4-7-17/h2-4,6-7,13,15,18H,5,8-12,14,16H2,1H3,(H2,21,22,23). The Hall–Kier alpha value is -2.34. The molecular weight excluding hydrogens is 326 g/mol. The molecule has 6 heteroatoms. The topological polar surface area (TPSA) is 63.5 Å². The molecule has 0 unspecified atom stereocenters. The van der Waals surface area contributed by atoms with Crippen LogP contribution >= 0.6 is 0 Å². The molecule has 0 amide bonds. The molecule has 3 rings (SSSR count). The van der Waals surface area contributed by atoms with Gasteiger partial charge in [-0.2, -0.15) is 5.10 Å². The van der Waals surface area contributed by atoms with Crippen LogP contribution in [-0.2, 0) is 17.8 Å². The van der Waals surface area contributed by atoms with Crippen LogP contribution in [0.3, 0.4) is 0 Å². The monoisotopic (exact) mass is 355 g/mol. The molecule has 140 valence electrons. The van der Waals surface area contributed by atoms with Crippen molar-refractivity contribution < 1.29 is 4.74 Å². The van der Waals surface area contributed by atoms with Crippen molar-refractivity contribution in [2.75, 3.05) is 26.8 Å². The van der Waals surface area contributed by atoms with E-state index in [0.717, 1.165) is 50.2 Å². The lowest BCUT2D eigenvalue weighted by atomic mass is 10.2. The van der Waals surface area contributed by atoms with E-state index < -0.39 is 0 Å². The van der Waals surface area contributed by atoms with Crippen LogP contribution in [0.5, 0.6) is 0 Å². The average Bonchev–Trinajstić information content (AvgIpc) is 3.39. The second kappa shape index (κ2) is 9.97. The highest BCUT2D eigenvalue weighted by molar-refractivity contribution is 5.79. The smallest absolute Gasteiger partial charge is 0.191 e. The third-order valence-electron chi connectivity index (χ3n) is 4.37. The van der Waals surface area contributed by atoms with Crippen molar-refractivity contribution in [1.82, 2.24) is 20.4 Å². The summed E-state index contributed by atoms with van der Waals surface area (Å²) in [4.78, 5) is 4.26. The zero-order valence-electron chi connectivity index (χ0n) is 15.5. The first-order chi connectivity index (χ1) is 12.8. The number of rotatable bonds is 10. The van der Waals surface area contributed by atoms with Crippen LogP contribution in [0.4, 0.5) is 0 Å². The van der Waals surface area contributed by atoms with Gasteiger partial charge in [-0.25, -0.2) is 0 Å². The zero-order chi connectivity index (χ0) is 18.0. The van der Waals surface area contributed by atoms with Crippen molar-refractivity contribution in [3.8, 4) is 0 Å². The fourth-order valence-corrected chi connectivity index (χ4v) is 2.68. The number of guanidine groups is 1. The summed E-state index contributed by atoms with van der Waals surface area (Å²) in [5.41, 5.74) is 2.38. The Morgan fingerprint density at radius 1 is 1.23 bits per heavy atom.